The van der Waals surface area contributed by atoms with Crippen LogP contribution in [0.25, 0.3) is 0 Å². The maximum atomic E-state index is 13.6. The quantitative estimate of drug-likeness (QED) is 0.890. The molecule has 3 N–H and O–H groups in total. The number of rotatable bonds is 4. The zero-order valence-corrected chi connectivity index (χ0v) is 12.2. The fourth-order valence-electron chi connectivity index (χ4n) is 2.90. The number of hydrogen-bond donors (Lipinski definition) is 2. The highest BCUT2D eigenvalue weighted by molar-refractivity contribution is 6.33. The fourth-order valence-corrected chi connectivity index (χ4v) is 3.11. The van der Waals surface area contributed by atoms with Gasteiger partial charge < -0.3 is 11.1 Å². The molecule has 20 heavy (non-hydrogen) atoms. The van der Waals surface area contributed by atoms with Gasteiger partial charge in [0.2, 0.25) is 5.91 Å². The fraction of sp³-hybridized carbons (Fsp3) is 0.533. The molecular weight excluding hydrogens is 279 g/mol. The lowest BCUT2D eigenvalue weighted by Gasteiger charge is -2.35. The van der Waals surface area contributed by atoms with E-state index in [1.54, 1.807) is 6.07 Å². The molecule has 0 spiro atoms. The summed E-state index contributed by atoms with van der Waals surface area (Å²) < 4.78 is 13.6. The summed E-state index contributed by atoms with van der Waals surface area (Å²) in [4.78, 5) is 12.2. The van der Waals surface area contributed by atoms with Crippen molar-refractivity contribution in [2.45, 2.75) is 38.5 Å². The van der Waals surface area contributed by atoms with E-state index in [1.165, 1.54) is 18.6 Å². The minimum atomic E-state index is -0.517. The summed E-state index contributed by atoms with van der Waals surface area (Å²) in [5.41, 5.74) is 5.78. The Labute approximate surface area is 123 Å². The third-order valence-electron chi connectivity index (χ3n) is 4.11. The van der Waals surface area contributed by atoms with E-state index in [1.807, 2.05) is 0 Å². The van der Waals surface area contributed by atoms with Gasteiger partial charge in [-0.1, -0.05) is 36.9 Å². The monoisotopic (exact) mass is 298 g/mol. The minimum absolute atomic E-state index is 0.0575. The first-order valence-corrected chi connectivity index (χ1v) is 7.38. The van der Waals surface area contributed by atoms with E-state index in [0.29, 0.717) is 13.0 Å². The molecule has 110 valence electrons. The Morgan fingerprint density at radius 1 is 1.35 bits per heavy atom. The maximum Gasteiger partial charge on any atom is 0.225 e. The molecule has 0 aliphatic heterocycles. The molecule has 0 atom stereocenters. The van der Waals surface area contributed by atoms with Crippen LogP contribution in [0.4, 0.5) is 10.1 Å². The zero-order chi connectivity index (χ0) is 14.6. The SMILES string of the molecule is NCC1(CC(=O)Nc2c(F)cccc2Cl)CCCCC1. The second-order valence-corrected chi connectivity index (χ2v) is 5.99. The molecule has 2 rings (SSSR count). The van der Waals surface area contributed by atoms with Crippen molar-refractivity contribution in [3.63, 3.8) is 0 Å². The molecule has 5 heteroatoms. The van der Waals surface area contributed by atoms with Crippen molar-refractivity contribution in [1.29, 1.82) is 0 Å². The van der Waals surface area contributed by atoms with E-state index in [2.05, 4.69) is 5.32 Å². The number of carbonyl (C=O) groups excluding carboxylic acids is 1. The molecule has 3 nitrogen and oxygen atoms in total. The lowest BCUT2D eigenvalue weighted by atomic mass is 9.71. The standard InChI is InChI=1S/C15H20ClFN2O/c16-11-5-4-6-12(17)14(11)19-13(20)9-15(10-18)7-2-1-3-8-15/h4-6H,1-3,7-10,18H2,(H,19,20). The van der Waals surface area contributed by atoms with Gasteiger partial charge in [-0.05, 0) is 36.9 Å². The van der Waals surface area contributed by atoms with Crippen molar-refractivity contribution >= 4 is 23.2 Å². The van der Waals surface area contributed by atoms with Crippen LogP contribution in [0.1, 0.15) is 38.5 Å². The van der Waals surface area contributed by atoms with E-state index in [9.17, 15) is 9.18 Å². The molecule has 0 saturated heterocycles. The summed E-state index contributed by atoms with van der Waals surface area (Å²) in [5.74, 6) is -0.736. The van der Waals surface area contributed by atoms with E-state index in [4.69, 9.17) is 17.3 Å². The first kappa shape index (κ1) is 15.3. The Balaban J connectivity index is 2.05. The van der Waals surface area contributed by atoms with Crippen LogP contribution in [0.5, 0.6) is 0 Å². The van der Waals surface area contributed by atoms with Gasteiger partial charge in [0.05, 0.1) is 10.7 Å². The topological polar surface area (TPSA) is 55.1 Å². The van der Waals surface area contributed by atoms with E-state index in [0.717, 1.165) is 25.7 Å². The normalized spacial score (nSPS) is 17.8. The molecule has 0 bridgehead atoms. The average molecular weight is 299 g/mol. The Bertz CT molecular complexity index is 467. The van der Waals surface area contributed by atoms with Crippen LogP contribution < -0.4 is 11.1 Å². The minimum Gasteiger partial charge on any atom is -0.330 e. The van der Waals surface area contributed by atoms with E-state index < -0.39 is 5.82 Å². The van der Waals surface area contributed by atoms with Crippen LogP contribution in [0.15, 0.2) is 18.2 Å². The molecule has 1 fully saturated rings. The highest BCUT2D eigenvalue weighted by Gasteiger charge is 2.33. The molecule has 1 aromatic carbocycles. The molecule has 1 aliphatic carbocycles. The van der Waals surface area contributed by atoms with Gasteiger partial charge >= 0.3 is 0 Å². The number of nitrogens with two attached hydrogens (primary N) is 1. The molecule has 1 aromatic rings. The molecule has 1 amide bonds. The predicted octanol–water partition coefficient (Wildman–Crippen LogP) is 3.72. The summed E-state index contributed by atoms with van der Waals surface area (Å²) in [7, 11) is 0. The lowest BCUT2D eigenvalue weighted by Crippen LogP contribution is -2.36. The van der Waals surface area contributed by atoms with Crippen molar-refractivity contribution < 1.29 is 9.18 Å². The van der Waals surface area contributed by atoms with Crippen molar-refractivity contribution in [1.82, 2.24) is 0 Å². The number of hydrogen-bond acceptors (Lipinski definition) is 2. The number of carbonyl (C=O) groups is 1. The van der Waals surface area contributed by atoms with Crippen molar-refractivity contribution in [2.24, 2.45) is 11.1 Å². The first-order chi connectivity index (χ1) is 9.56. The van der Waals surface area contributed by atoms with Gasteiger partial charge in [0.1, 0.15) is 5.82 Å². The second kappa shape index (κ2) is 6.55. The van der Waals surface area contributed by atoms with Crippen LogP contribution in [0.3, 0.4) is 0 Å². The van der Waals surface area contributed by atoms with Crippen LogP contribution in [-0.4, -0.2) is 12.5 Å². The Hall–Kier alpha value is -1.13. The molecule has 1 saturated carbocycles. The largest absolute Gasteiger partial charge is 0.330 e. The molecule has 0 heterocycles. The lowest BCUT2D eigenvalue weighted by molar-refractivity contribution is -0.118. The van der Waals surface area contributed by atoms with Gasteiger partial charge in [0.15, 0.2) is 0 Å². The summed E-state index contributed by atoms with van der Waals surface area (Å²) in [6.07, 6.45) is 5.65. The molecule has 0 aromatic heterocycles. The summed E-state index contributed by atoms with van der Waals surface area (Å²) >= 11 is 5.91. The number of amides is 1. The molecule has 0 radical (unpaired) electrons. The highest BCUT2D eigenvalue weighted by atomic mass is 35.5. The Morgan fingerprint density at radius 3 is 2.65 bits per heavy atom. The third-order valence-corrected chi connectivity index (χ3v) is 4.42. The van der Waals surface area contributed by atoms with Gasteiger partial charge in [-0.3, -0.25) is 4.79 Å². The zero-order valence-electron chi connectivity index (χ0n) is 11.4. The first-order valence-electron chi connectivity index (χ1n) is 7.00. The predicted molar refractivity (Wildman–Crippen MR) is 79.2 cm³/mol. The number of halogens is 2. The van der Waals surface area contributed by atoms with Crippen molar-refractivity contribution in [2.75, 3.05) is 11.9 Å². The van der Waals surface area contributed by atoms with E-state index >= 15 is 0 Å². The maximum absolute atomic E-state index is 13.6. The molecule has 0 unspecified atom stereocenters. The number of anilines is 1. The summed E-state index contributed by atoms with van der Waals surface area (Å²) in [5, 5.41) is 2.80. The molecule has 1 aliphatic rings. The van der Waals surface area contributed by atoms with Crippen LogP contribution in [0.2, 0.25) is 5.02 Å². The second-order valence-electron chi connectivity index (χ2n) is 5.59. The van der Waals surface area contributed by atoms with Gasteiger partial charge in [-0.25, -0.2) is 4.39 Å². The summed E-state index contributed by atoms with van der Waals surface area (Å²) in [6.45, 7) is 0.491. The Kier molecular flexibility index (Phi) is 5.00. The third kappa shape index (κ3) is 3.49. The average Bonchev–Trinajstić information content (AvgIpc) is 2.44. The van der Waals surface area contributed by atoms with Crippen molar-refractivity contribution in [3.05, 3.63) is 29.0 Å². The Morgan fingerprint density at radius 2 is 2.05 bits per heavy atom. The van der Waals surface area contributed by atoms with Gasteiger partial charge in [0, 0.05) is 6.42 Å². The number of nitrogens with one attached hydrogen (secondary N) is 1. The van der Waals surface area contributed by atoms with Gasteiger partial charge in [-0.2, -0.15) is 0 Å². The highest BCUT2D eigenvalue weighted by Crippen LogP contribution is 2.38. The van der Waals surface area contributed by atoms with Crippen LogP contribution in [-0.2, 0) is 4.79 Å². The number of para-hydroxylation sites is 1. The van der Waals surface area contributed by atoms with E-state index in [-0.39, 0.29) is 22.0 Å². The number of benzene rings is 1. The van der Waals surface area contributed by atoms with Crippen molar-refractivity contribution in [3.8, 4) is 0 Å². The van der Waals surface area contributed by atoms with Crippen LogP contribution in [0, 0.1) is 11.2 Å². The van der Waals surface area contributed by atoms with Crippen LogP contribution >= 0.6 is 11.6 Å². The smallest absolute Gasteiger partial charge is 0.225 e. The molecular formula is C15H20ClFN2O. The summed E-state index contributed by atoms with van der Waals surface area (Å²) in [6, 6.07) is 4.34. The van der Waals surface area contributed by atoms with Gasteiger partial charge in [-0.15, -0.1) is 0 Å². The van der Waals surface area contributed by atoms with Gasteiger partial charge in [0.25, 0.3) is 0 Å².